The van der Waals surface area contributed by atoms with E-state index in [0.29, 0.717) is 6.04 Å². The van der Waals surface area contributed by atoms with Crippen molar-refractivity contribution in [1.29, 1.82) is 0 Å². The Bertz CT molecular complexity index is 366. The van der Waals surface area contributed by atoms with Gasteiger partial charge >= 0.3 is 0 Å². The van der Waals surface area contributed by atoms with Gasteiger partial charge in [0.15, 0.2) is 0 Å². The van der Waals surface area contributed by atoms with E-state index in [1.807, 2.05) is 0 Å². The van der Waals surface area contributed by atoms with E-state index >= 15 is 0 Å². The Hall–Kier alpha value is -0.350. The fraction of sp³-hybridized carbons (Fsp3) is 0.636. The Balaban J connectivity index is 2.04. The van der Waals surface area contributed by atoms with Crippen LogP contribution in [0.5, 0.6) is 0 Å². The highest BCUT2D eigenvalue weighted by molar-refractivity contribution is 9.10. The van der Waals surface area contributed by atoms with Crippen LogP contribution in [0.4, 0.5) is 5.82 Å². The molecule has 0 saturated heterocycles. The lowest BCUT2D eigenvalue weighted by Gasteiger charge is -2.21. The van der Waals surface area contributed by atoms with Crippen LogP contribution in [0.25, 0.3) is 0 Å². The molecule has 1 aliphatic carbocycles. The van der Waals surface area contributed by atoms with E-state index in [9.17, 15) is 0 Å². The zero-order valence-corrected chi connectivity index (χ0v) is 11.6. The predicted octanol–water partition coefficient (Wildman–Crippen LogP) is 3.88. The van der Waals surface area contributed by atoms with E-state index in [1.54, 1.807) is 6.20 Å². The van der Waals surface area contributed by atoms with Crippen LogP contribution in [0, 0.1) is 5.92 Å². The van der Waals surface area contributed by atoms with Gasteiger partial charge < -0.3 is 5.32 Å². The molecule has 2 rings (SSSR count). The standard InChI is InChI=1S/C11H15BrClN3/c1-7(8-4-2-3-5-8)15-10-9(12)6-14-11(13)16-10/h6-8H,2-5H2,1H3,(H,14,15,16). The van der Waals surface area contributed by atoms with Crippen LogP contribution in [0.1, 0.15) is 32.6 Å². The summed E-state index contributed by atoms with van der Waals surface area (Å²) in [4.78, 5) is 8.09. The Morgan fingerprint density at radius 2 is 2.19 bits per heavy atom. The van der Waals surface area contributed by atoms with Gasteiger partial charge in [0.2, 0.25) is 5.28 Å². The minimum atomic E-state index is 0.282. The van der Waals surface area contributed by atoms with Gasteiger partial charge in [-0.25, -0.2) is 4.98 Å². The summed E-state index contributed by atoms with van der Waals surface area (Å²) < 4.78 is 0.863. The molecule has 1 N–H and O–H groups in total. The molecule has 0 aliphatic heterocycles. The van der Waals surface area contributed by atoms with E-state index in [2.05, 4.69) is 38.1 Å². The number of rotatable bonds is 3. The molecule has 0 spiro atoms. The molecule has 0 radical (unpaired) electrons. The van der Waals surface area contributed by atoms with Crippen molar-refractivity contribution < 1.29 is 0 Å². The van der Waals surface area contributed by atoms with Gasteiger partial charge in [-0.15, -0.1) is 0 Å². The lowest BCUT2D eigenvalue weighted by atomic mass is 10.00. The van der Waals surface area contributed by atoms with Crippen LogP contribution in [0.2, 0.25) is 5.28 Å². The highest BCUT2D eigenvalue weighted by atomic mass is 79.9. The van der Waals surface area contributed by atoms with Gasteiger partial charge in [0.05, 0.1) is 4.47 Å². The van der Waals surface area contributed by atoms with Gasteiger partial charge in [-0.05, 0) is 53.2 Å². The third-order valence-electron chi connectivity index (χ3n) is 3.19. The SMILES string of the molecule is CC(Nc1nc(Cl)ncc1Br)C1CCCC1. The smallest absolute Gasteiger partial charge is 0.224 e. The molecule has 1 aromatic heterocycles. The second kappa shape index (κ2) is 5.32. The lowest BCUT2D eigenvalue weighted by Crippen LogP contribution is -2.24. The number of aromatic nitrogens is 2. The topological polar surface area (TPSA) is 37.8 Å². The summed E-state index contributed by atoms with van der Waals surface area (Å²) in [5.41, 5.74) is 0. The Labute approximate surface area is 109 Å². The van der Waals surface area contributed by atoms with Gasteiger partial charge in [0.25, 0.3) is 0 Å². The molecule has 0 bridgehead atoms. The molecule has 0 aromatic carbocycles. The molecular formula is C11H15BrClN3. The third kappa shape index (κ3) is 2.86. The summed E-state index contributed by atoms with van der Waals surface area (Å²) in [6.07, 6.45) is 7.00. The van der Waals surface area contributed by atoms with Crippen LogP contribution >= 0.6 is 27.5 Å². The number of nitrogens with one attached hydrogen (secondary N) is 1. The molecule has 1 aliphatic rings. The molecule has 3 nitrogen and oxygen atoms in total. The van der Waals surface area contributed by atoms with Gasteiger partial charge in [0.1, 0.15) is 5.82 Å². The predicted molar refractivity (Wildman–Crippen MR) is 69.8 cm³/mol. The normalized spacial score (nSPS) is 18.7. The maximum atomic E-state index is 5.78. The largest absolute Gasteiger partial charge is 0.366 e. The fourth-order valence-electron chi connectivity index (χ4n) is 2.24. The fourth-order valence-corrected chi connectivity index (χ4v) is 2.68. The van der Waals surface area contributed by atoms with Crippen molar-refractivity contribution in [3.8, 4) is 0 Å². The quantitative estimate of drug-likeness (QED) is 0.861. The summed E-state index contributed by atoms with van der Waals surface area (Å²) in [7, 11) is 0. The van der Waals surface area contributed by atoms with Crippen molar-refractivity contribution in [2.45, 2.75) is 38.6 Å². The molecule has 1 aromatic rings. The molecule has 5 heteroatoms. The van der Waals surface area contributed by atoms with Crippen LogP contribution in [-0.4, -0.2) is 16.0 Å². The number of halogens is 2. The minimum absolute atomic E-state index is 0.282. The molecule has 1 heterocycles. The monoisotopic (exact) mass is 303 g/mol. The van der Waals surface area contributed by atoms with Gasteiger partial charge in [0, 0.05) is 12.2 Å². The van der Waals surface area contributed by atoms with Crippen molar-refractivity contribution in [3.63, 3.8) is 0 Å². The first-order valence-electron chi connectivity index (χ1n) is 5.61. The van der Waals surface area contributed by atoms with Gasteiger partial charge in [-0.3, -0.25) is 0 Å². The summed E-state index contributed by atoms with van der Waals surface area (Å²) >= 11 is 9.20. The Kier molecular flexibility index (Phi) is 4.03. The molecule has 0 amide bonds. The van der Waals surface area contributed by atoms with Crippen LogP contribution < -0.4 is 5.32 Å². The number of anilines is 1. The molecule has 1 atom stereocenters. The number of hydrogen-bond donors (Lipinski definition) is 1. The van der Waals surface area contributed by atoms with Crippen molar-refractivity contribution in [2.75, 3.05) is 5.32 Å². The zero-order chi connectivity index (χ0) is 11.5. The minimum Gasteiger partial charge on any atom is -0.366 e. The summed E-state index contributed by atoms with van der Waals surface area (Å²) in [6.45, 7) is 2.21. The van der Waals surface area contributed by atoms with E-state index in [-0.39, 0.29) is 5.28 Å². The maximum Gasteiger partial charge on any atom is 0.224 e. The van der Waals surface area contributed by atoms with Crippen molar-refractivity contribution in [2.24, 2.45) is 5.92 Å². The number of nitrogens with zero attached hydrogens (tertiary/aromatic N) is 2. The molecule has 88 valence electrons. The Morgan fingerprint density at radius 1 is 1.50 bits per heavy atom. The van der Waals surface area contributed by atoms with E-state index in [0.717, 1.165) is 16.2 Å². The molecular weight excluding hydrogens is 289 g/mol. The van der Waals surface area contributed by atoms with E-state index in [4.69, 9.17) is 11.6 Å². The molecule has 1 fully saturated rings. The second-order valence-corrected chi connectivity index (χ2v) is 5.51. The van der Waals surface area contributed by atoms with E-state index in [1.165, 1.54) is 25.7 Å². The van der Waals surface area contributed by atoms with Crippen molar-refractivity contribution >= 4 is 33.3 Å². The van der Waals surface area contributed by atoms with Crippen LogP contribution in [-0.2, 0) is 0 Å². The summed E-state index contributed by atoms with van der Waals surface area (Å²) in [5, 5.41) is 3.69. The number of hydrogen-bond acceptors (Lipinski definition) is 3. The molecule has 1 saturated carbocycles. The van der Waals surface area contributed by atoms with Gasteiger partial charge in [-0.1, -0.05) is 12.8 Å². The summed E-state index contributed by atoms with van der Waals surface area (Å²) in [6, 6.07) is 0.435. The molecule has 1 unspecified atom stereocenters. The first-order valence-corrected chi connectivity index (χ1v) is 6.78. The highest BCUT2D eigenvalue weighted by Crippen LogP contribution is 2.30. The zero-order valence-electron chi connectivity index (χ0n) is 9.21. The van der Waals surface area contributed by atoms with Crippen molar-refractivity contribution in [1.82, 2.24) is 9.97 Å². The first-order chi connectivity index (χ1) is 7.66. The second-order valence-electron chi connectivity index (χ2n) is 4.31. The van der Waals surface area contributed by atoms with E-state index < -0.39 is 0 Å². The average molecular weight is 305 g/mol. The molecule has 16 heavy (non-hydrogen) atoms. The average Bonchev–Trinajstić information content (AvgIpc) is 2.76. The maximum absolute atomic E-state index is 5.78. The first kappa shape index (κ1) is 12.1. The highest BCUT2D eigenvalue weighted by Gasteiger charge is 2.22. The van der Waals surface area contributed by atoms with Crippen LogP contribution in [0.15, 0.2) is 10.7 Å². The third-order valence-corrected chi connectivity index (χ3v) is 3.95. The lowest BCUT2D eigenvalue weighted by molar-refractivity contribution is 0.481. The van der Waals surface area contributed by atoms with Gasteiger partial charge in [-0.2, -0.15) is 4.98 Å². The summed E-state index contributed by atoms with van der Waals surface area (Å²) in [5.74, 6) is 1.54. The van der Waals surface area contributed by atoms with Crippen molar-refractivity contribution in [3.05, 3.63) is 16.0 Å². The Morgan fingerprint density at radius 3 is 2.88 bits per heavy atom. The van der Waals surface area contributed by atoms with Crippen LogP contribution in [0.3, 0.4) is 0 Å².